The van der Waals surface area contributed by atoms with Crippen LogP contribution in [-0.2, 0) is 13.0 Å². The summed E-state index contributed by atoms with van der Waals surface area (Å²) in [6, 6.07) is 12.8. The fourth-order valence-electron chi connectivity index (χ4n) is 4.10. The van der Waals surface area contributed by atoms with Crippen molar-refractivity contribution < 1.29 is 9.53 Å². The van der Waals surface area contributed by atoms with Gasteiger partial charge in [-0.1, -0.05) is 24.3 Å². The normalized spacial score (nSPS) is 18.4. The number of nitrogens with zero attached hydrogens (tertiary/aromatic N) is 3. The number of hydrogen-bond donors (Lipinski definition) is 0. The van der Waals surface area contributed by atoms with Gasteiger partial charge < -0.3 is 9.64 Å². The van der Waals surface area contributed by atoms with E-state index in [4.69, 9.17) is 4.74 Å². The van der Waals surface area contributed by atoms with Crippen molar-refractivity contribution in [2.45, 2.75) is 31.8 Å². The fourth-order valence-corrected chi connectivity index (χ4v) is 4.10. The molecule has 0 radical (unpaired) electrons. The summed E-state index contributed by atoms with van der Waals surface area (Å²) < 4.78 is 5.13. The Kier molecular flexibility index (Phi) is 4.89. The maximum Gasteiger partial charge on any atom is 0.254 e. The first kappa shape index (κ1) is 17.0. The van der Waals surface area contributed by atoms with Crippen molar-refractivity contribution in [2.24, 2.45) is 0 Å². The van der Waals surface area contributed by atoms with Crippen molar-refractivity contribution in [1.29, 1.82) is 0 Å². The maximum absolute atomic E-state index is 12.7. The van der Waals surface area contributed by atoms with Crippen molar-refractivity contribution in [3.05, 3.63) is 59.3 Å². The average Bonchev–Trinajstić information content (AvgIpc) is 2.73. The Bertz CT molecular complexity index is 784. The van der Waals surface area contributed by atoms with Crippen LogP contribution < -0.4 is 4.74 Å². The molecular formula is C21H25N3O2. The van der Waals surface area contributed by atoms with E-state index in [0.29, 0.717) is 17.5 Å². The molecule has 1 amide bonds. The topological polar surface area (TPSA) is 45.7 Å². The number of hydrogen-bond acceptors (Lipinski definition) is 4. The molecule has 26 heavy (non-hydrogen) atoms. The molecule has 1 saturated heterocycles. The van der Waals surface area contributed by atoms with E-state index in [2.05, 4.69) is 34.1 Å². The van der Waals surface area contributed by atoms with Crippen molar-refractivity contribution in [3.63, 3.8) is 0 Å². The molecule has 1 aromatic heterocycles. The molecule has 2 aliphatic heterocycles. The Morgan fingerprint density at radius 2 is 1.88 bits per heavy atom. The second-order valence-electron chi connectivity index (χ2n) is 7.10. The van der Waals surface area contributed by atoms with Gasteiger partial charge in [-0.15, -0.1) is 0 Å². The average molecular weight is 351 g/mol. The van der Waals surface area contributed by atoms with Crippen LogP contribution in [0.2, 0.25) is 0 Å². The number of carbonyl (C=O) groups excluding carboxylic acids is 1. The molecule has 2 aliphatic rings. The highest BCUT2D eigenvalue weighted by Gasteiger charge is 2.29. The molecule has 0 atom stereocenters. The van der Waals surface area contributed by atoms with Crippen LogP contribution in [0, 0.1) is 0 Å². The SMILES string of the molecule is COc1cc(C(=O)N2CCC(N3CCc4ccccc4C3)CC2)ccn1. The van der Waals surface area contributed by atoms with E-state index in [1.165, 1.54) is 11.1 Å². The van der Waals surface area contributed by atoms with Gasteiger partial charge in [-0.2, -0.15) is 0 Å². The highest BCUT2D eigenvalue weighted by molar-refractivity contribution is 5.94. The summed E-state index contributed by atoms with van der Waals surface area (Å²) in [4.78, 5) is 21.4. The lowest BCUT2D eigenvalue weighted by Gasteiger charge is -2.40. The number of methoxy groups -OCH3 is 1. The third kappa shape index (κ3) is 3.44. The zero-order valence-electron chi connectivity index (χ0n) is 15.2. The molecule has 0 saturated carbocycles. The second-order valence-corrected chi connectivity index (χ2v) is 7.10. The third-order valence-electron chi connectivity index (χ3n) is 5.62. The molecule has 1 aromatic carbocycles. The second kappa shape index (κ2) is 7.46. The van der Waals surface area contributed by atoms with Crippen molar-refractivity contribution in [1.82, 2.24) is 14.8 Å². The van der Waals surface area contributed by atoms with E-state index in [1.807, 2.05) is 4.90 Å². The highest BCUT2D eigenvalue weighted by Crippen LogP contribution is 2.25. The molecule has 5 heteroatoms. The van der Waals surface area contributed by atoms with E-state index in [-0.39, 0.29) is 5.91 Å². The van der Waals surface area contributed by atoms with Crippen LogP contribution in [0.1, 0.15) is 34.3 Å². The number of piperidine rings is 1. The predicted molar refractivity (Wildman–Crippen MR) is 100 cm³/mol. The Labute approximate surface area is 154 Å². The maximum atomic E-state index is 12.7. The van der Waals surface area contributed by atoms with Gasteiger partial charge in [0, 0.05) is 50.0 Å². The first-order chi connectivity index (χ1) is 12.7. The van der Waals surface area contributed by atoms with E-state index in [0.717, 1.165) is 45.4 Å². The molecular weight excluding hydrogens is 326 g/mol. The molecule has 4 rings (SSSR count). The van der Waals surface area contributed by atoms with Crippen molar-refractivity contribution in [3.8, 4) is 5.88 Å². The van der Waals surface area contributed by atoms with Gasteiger partial charge in [0.15, 0.2) is 0 Å². The molecule has 0 N–H and O–H groups in total. The smallest absolute Gasteiger partial charge is 0.254 e. The highest BCUT2D eigenvalue weighted by atomic mass is 16.5. The Hall–Kier alpha value is -2.40. The number of benzene rings is 1. The minimum atomic E-state index is 0.0770. The van der Waals surface area contributed by atoms with Gasteiger partial charge in [-0.25, -0.2) is 4.98 Å². The fraction of sp³-hybridized carbons (Fsp3) is 0.429. The lowest BCUT2D eigenvalue weighted by Crippen LogP contribution is -2.48. The van der Waals surface area contributed by atoms with E-state index in [1.54, 1.807) is 25.4 Å². The zero-order valence-corrected chi connectivity index (χ0v) is 15.2. The first-order valence-electron chi connectivity index (χ1n) is 9.35. The molecule has 0 unspecified atom stereocenters. The zero-order chi connectivity index (χ0) is 17.9. The summed E-state index contributed by atoms with van der Waals surface area (Å²) in [5.74, 6) is 0.561. The number of amides is 1. The monoisotopic (exact) mass is 351 g/mol. The standard InChI is InChI=1S/C21H25N3O2/c1-26-20-14-17(6-10-22-20)21(25)23-12-8-19(9-13-23)24-11-7-16-4-2-3-5-18(16)15-24/h2-6,10,14,19H,7-9,11-13,15H2,1H3. The molecule has 136 valence electrons. The quantitative estimate of drug-likeness (QED) is 0.853. The lowest BCUT2D eigenvalue weighted by atomic mass is 9.95. The molecule has 1 fully saturated rings. The van der Waals surface area contributed by atoms with E-state index in [9.17, 15) is 4.79 Å². The molecule has 5 nitrogen and oxygen atoms in total. The van der Waals surface area contributed by atoms with Crippen LogP contribution in [0.15, 0.2) is 42.6 Å². The summed E-state index contributed by atoms with van der Waals surface area (Å²) in [6.07, 6.45) is 4.84. The molecule has 0 aliphatic carbocycles. The first-order valence-corrected chi connectivity index (χ1v) is 9.35. The van der Waals surface area contributed by atoms with Gasteiger partial charge in [0.2, 0.25) is 5.88 Å². The van der Waals surface area contributed by atoms with Gasteiger partial charge in [-0.3, -0.25) is 9.69 Å². The third-order valence-corrected chi connectivity index (χ3v) is 5.62. The summed E-state index contributed by atoms with van der Waals surface area (Å²) in [5, 5.41) is 0. The predicted octanol–water partition coefficient (Wildman–Crippen LogP) is 2.75. The van der Waals surface area contributed by atoms with Crippen molar-refractivity contribution >= 4 is 5.91 Å². The minimum Gasteiger partial charge on any atom is -0.481 e. The Balaban J connectivity index is 1.36. The number of rotatable bonds is 3. The van der Waals surface area contributed by atoms with Crippen LogP contribution in [-0.4, -0.2) is 53.5 Å². The van der Waals surface area contributed by atoms with Crippen LogP contribution in [0.3, 0.4) is 0 Å². The largest absolute Gasteiger partial charge is 0.481 e. The molecule has 2 aromatic rings. The summed E-state index contributed by atoms with van der Waals surface area (Å²) in [7, 11) is 1.57. The molecule has 3 heterocycles. The summed E-state index contributed by atoms with van der Waals surface area (Å²) in [6.45, 7) is 3.78. The summed E-state index contributed by atoms with van der Waals surface area (Å²) in [5.41, 5.74) is 3.60. The number of pyridine rings is 1. The number of ether oxygens (including phenoxy) is 1. The van der Waals surface area contributed by atoms with E-state index >= 15 is 0 Å². The minimum absolute atomic E-state index is 0.0770. The van der Waals surface area contributed by atoms with Gasteiger partial charge in [0.25, 0.3) is 5.91 Å². The van der Waals surface area contributed by atoms with Gasteiger partial charge in [0.1, 0.15) is 0 Å². The number of carbonyl (C=O) groups is 1. The van der Waals surface area contributed by atoms with Gasteiger partial charge in [0.05, 0.1) is 7.11 Å². The molecule has 0 spiro atoms. The van der Waals surface area contributed by atoms with Crippen LogP contribution in [0.5, 0.6) is 5.88 Å². The van der Waals surface area contributed by atoms with E-state index < -0.39 is 0 Å². The van der Waals surface area contributed by atoms with Gasteiger partial charge in [-0.05, 0) is 36.5 Å². The number of likely N-dealkylation sites (tertiary alicyclic amines) is 1. The van der Waals surface area contributed by atoms with Crippen LogP contribution in [0.4, 0.5) is 0 Å². The summed E-state index contributed by atoms with van der Waals surface area (Å²) >= 11 is 0. The Morgan fingerprint density at radius 3 is 2.65 bits per heavy atom. The Morgan fingerprint density at radius 1 is 1.12 bits per heavy atom. The number of fused-ring (bicyclic) bond motifs is 1. The lowest BCUT2D eigenvalue weighted by molar-refractivity contribution is 0.0599. The van der Waals surface area contributed by atoms with Crippen molar-refractivity contribution in [2.75, 3.05) is 26.7 Å². The van der Waals surface area contributed by atoms with Crippen LogP contribution in [0.25, 0.3) is 0 Å². The molecule has 0 bridgehead atoms. The number of aromatic nitrogens is 1. The van der Waals surface area contributed by atoms with Gasteiger partial charge >= 0.3 is 0 Å². The van der Waals surface area contributed by atoms with Crippen LogP contribution >= 0.6 is 0 Å².